The van der Waals surface area contributed by atoms with Crippen molar-refractivity contribution in [1.29, 1.82) is 0 Å². The summed E-state index contributed by atoms with van der Waals surface area (Å²) in [6, 6.07) is 16.0. The number of nitro groups is 1. The molecule has 0 N–H and O–H groups in total. The quantitative estimate of drug-likeness (QED) is 0.169. The van der Waals surface area contributed by atoms with Crippen molar-refractivity contribution in [3.8, 4) is 17.1 Å². The van der Waals surface area contributed by atoms with E-state index in [0.29, 0.717) is 49.0 Å². The van der Waals surface area contributed by atoms with Crippen LogP contribution in [0.3, 0.4) is 0 Å². The van der Waals surface area contributed by atoms with Gasteiger partial charge in [0.25, 0.3) is 11.2 Å². The Morgan fingerprint density at radius 1 is 1.15 bits per heavy atom. The summed E-state index contributed by atoms with van der Waals surface area (Å²) in [6.45, 7) is 7.51. The molecule has 0 unspecified atom stereocenters. The number of carbonyl (C=O) groups is 1. The van der Waals surface area contributed by atoms with E-state index in [1.807, 2.05) is 38.1 Å². The SMILES string of the molecule is CCOC(=O)C1=C(C)N=c2s/c(=C\c3ccc(-c4ccc([N+](=O)[O-])cc4)o3)c(=O)n2[C@H]1c1ccc(OC(C)C)cc1. The molecule has 2 aromatic carbocycles. The summed E-state index contributed by atoms with van der Waals surface area (Å²) in [6.07, 6.45) is 1.62. The fraction of sp³-hybridized carbons (Fsp3) is 0.233. The van der Waals surface area contributed by atoms with Crippen molar-refractivity contribution in [1.82, 2.24) is 4.57 Å². The summed E-state index contributed by atoms with van der Waals surface area (Å²) in [5, 5.41) is 11.0. The van der Waals surface area contributed by atoms with Crippen LogP contribution in [0.15, 0.2) is 86.1 Å². The van der Waals surface area contributed by atoms with E-state index in [9.17, 15) is 19.7 Å². The molecule has 0 saturated carbocycles. The summed E-state index contributed by atoms with van der Waals surface area (Å²) < 4.78 is 18.9. The summed E-state index contributed by atoms with van der Waals surface area (Å²) in [5.41, 5.74) is 1.80. The Kier molecular flexibility index (Phi) is 7.71. The number of rotatable bonds is 8. The molecular formula is C30H27N3O7S. The molecule has 11 heteroatoms. The van der Waals surface area contributed by atoms with Crippen LogP contribution in [0, 0.1) is 10.1 Å². The normalized spacial score (nSPS) is 15.0. The van der Waals surface area contributed by atoms with Gasteiger partial charge in [0.2, 0.25) is 0 Å². The number of allylic oxidation sites excluding steroid dienone is 1. The number of ether oxygens (including phenoxy) is 2. The number of carbonyl (C=O) groups excluding carboxylic acids is 1. The van der Waals surface area contributed by atoms with Crippen LogP contribution in [-0.2, 0) is 9.53 Å². The number of aromatic nitrogens is 1. The first kappa shape index (κ1) is 27.8. The number of esters is 1. The van der Waals surface area contributed by atoms with Crippen molar-refractivity contribution < 1.29 is 23.6 Å². The van der Waals surface area contributed by atoms with E-state index in [1.54, 1.807) is 44.2 Å². The van der Waals surface area contributed by atoms with Gasteiger partial charge in [0.05, 0.1) is 39.5 Å². The van der Waals surface area contributed by atoms with Crippen LogP contribution >= 0.6 is 11.3 Å². The molecule has 10 nitrogen and oxygen atoms in total. The van der Waals surface area contributed by atoms with E-state index in [1.165, 1.54) is 28.0 Å². The van der Waals surface area contributed by atoms with E-state index in [2.05, 4.69) is 4.99 Å². The van der Waals surface area contributed by atoms with Crippen molar-refractivity contribution >= 4 is 29.1 Å². The van der Waals surface area contributed by atoms with E-state index in [-0.39, 0.29) is 24.0 Å². The van der Waals surface area contributed by atoms with Crippen molar-refractivity contribution in [2.45, 2.75) is 39.8 Å². The number of nitrogens with zero attached hydrogens (tertiary/aromatic N) is 3. The zero-order valence-corrected chi connectivity index (χ0v) is 23.6. The summed E-state index contributed by atoms with van der Waals surface area (Å²) in [4.78, 5) is 42.4. The molecule has 5 rings (SSSR count). The molecule has 1 atom stereocenters. The van der Waals surface area contributed by atoms with Gasteiger partial charge in [0, 0.05) is 23.8 Å². The number of benzene rings is 2. The number of hydrogen-bond donors (Lipinski definition) is 0. The molecule has 2 aromatic heterocycles. The molecule has 0 fully saturated rings. The van der Waals surface area contributed by atoms with Crippen molar-refractivity contribution in [2.24, 2.45) is 4.99 Å². The molecule has 4 aromatic rings. The van der Waals surface area contributed by atoms with Gasteiger partial charge in [-0.2, -0.15) is 0 Å². The Morgan fingerprint density at radius 2 is 1.85 bits per heavy atom. The van der Waals surface area contributed by atoms with Crippen LogP contribution in [-0.4, -0.2) is 28.2 Å². The fourth-order valence-corrected chi connectivity index (χ4v) is 5.60. The van der Waals surface area contributed by atoms with Crippen LogP contribution in [0.2, 0.25) is 0 Å². The summed E-state index contributed by atoms with van der Waals surface area (Å²) >= 11 is 1.19. The molecule has 41 heavy (non-hydrogen) atoms. The van der Waals surface area contributed by atoms with Crippen molar-refractivity contribution in [2.75, 3.05) is 6.61 Å². The predicted octanol–water partition coefficient (Wildman–Crippen LogP) is 4.75. The van der Waals surface area contributed by atoms with Gasteiger partial charge in [-0.15, -0.1) is 0 Å². The smallest absolute Gasteiger partial charge is 0.338 e. The first-order chi connectivity index (χ1) is 19.7. The number of fused-ring (bicyclic) bond motifs is 1. The lowest BCUT2D eigenvalue weighted by Crippen LogP contribution is -2.39. The zero-order valence-electron chi connectivity index (χ0n) is 22.8. The molecule has 0 saturated heterocycles. The number of non-ortho nitro benzene ring substituents is 1. The third-order valence-corrected chi connectivity index (χ3v) is 7.33. The van der Waals surface area contributed by atoms with E-state index in [4.69, 9.17) is 13.9 Å². The summed E-state index contributed by atoms with van der Waals surface area (Å²) in [7, 11) is 0. The van der Waals surface area contributed by atoms with Crippen molar-refractivity contribution in [3.63, 3.8) is 0 Å². The van der Waals surface area contributed by atoms with Crippen LogP contribution in [0.4, 0.5) is 5.69 Å². The van der Waals surface area contributed by atoms with Gasteiger partial charge in [-0.05, 0) is 69.7 Å². The van der Waals surface area contributed by atoms with Gasteiger partial charge in [0.15, 0.2) is 4.80 Å². The second-order valence-corrected chi connectivity index (χ2v) is 10.6. The average Bonchev–Trinajstić information content (AvgIpc) is 3.52. The maximum atomic E-state index is 13.8. The van der Waals surface area contributed by atoms with Crippen LogP contribution in [0.1, 0.15) is 45.1 Å². The van der Waals surface area contributed by atoms with Gasteiger partial charge in [0.1, 0.15) is 17.3 Å². The maximum absolute atomic E-state index is 13.8. The number of thiazole rings is 1. The highest BCUT2D eigenvalue weighted by Crippen LogP contribution is 2.32. The minimum atomic E-state index is -0.743. The first-order valence-electron chi connectivity index (χ1n) is 13.0. The molecule has 0 amide bonds. The van der Waals surface area contributed by atoms with Crippen LogP contribution in [0.25, 0.3) is 17.4 Å². The fourth-order valence-electron chi connectivity index (χ4n) is 4.57. The lowest BCUT2D eigenvalue weighted by atomic mass is 9.96. The molecule has 1 aliphatic heterocycles. The number of nitro benzene ring substituents is 1. The van der Waals surface area contributed by atoms with Crippen LogP contribution < -0.4 is 19.6 Å². The Balaban J connectivity index is 1.57. The largest absolute Gasteiger partial charge is 0.491 e. The van der Waals surface area contributed by atoms with Gasteiger partial charge in [-0.1, -0.05) is 23.5 Å². The van der Waals surface area contributed by atoms with E-state index < -0.39 is 16.9 Å². The lowest BCUT2D eigenvalue weighted by molar-refractivity contribution is -0.384. The second kappa shape index (κ2) is 11.4. The van der Waals surface area contributed by atoms with Gasteiger partial charge in [-0.3, -0.25) is 19.5 Å². The highest BCUT2D eigenvalue weighted by atomic mass is 32.1. The number of furan rings is 1. The Bertz CT molecular complexity index is 1830. The van der Waals surface area contributed by atoms with Gasteiger partial charge < -0.3 is 13.9 Å². The highest BCUT2D eigenvalue weighted by molar-refractivity contribution is 7.07. The van der Waals surface area contributed by atoms with Crippen molar-refractivity contribution in [3.05, 3.63) is 113 Å². The lowest BCUT2D eigenvalue weighted by Gasteiger charge is -2.25. The topological polar surface area (TPSA) is 126 Å². The molecule has 0 radical (unpaired) electrons. The molecule has 210 valence electrons. The highest BCUT2D eigenvalue weighted by Gasteiger charge is 2.33. The second-order valence-electron chi connectivity index (χ2n) is 9.54. The zero-order chi connectivity index (χ0) is 29.3. The van der Waals surface area contributed by atoms with Crippen LogP contribution in [0.5, 0.6) is 5.75 Å². The monoisotopic (exact) mass is 573 g/mol. The standard InChI is InChI=1S/C30H27N3O7S/c1-5-38-29(35)26-18(4)31-30-32(27(26)20-8-12-22(13-9-20)39-17(2)3)28(34)25(41-30)16-23-14-15-24(40-23)19-6-10-21(11-7-19)33(36)37/h6-17,27H,5H2,1-4H3/b25-16-/t27-/m0/s1. The Hall–Kier alpha value is -4.77. The van der Waals surface area contributed by atoms with E-state index >= 15 is 0 Å². The minimum Gasteiger partial charge on any atom is -0.491 e. The number of hydrogen-bond acceptors (Lipinski definition) is 9. The maximum Gasteiger partial charge on any atom is 0.338 e. The van der Waals surface area contributed by atoms with Gasteiger partial charge >= 0.3 is 5.97 Å². The minimum absolute atomic E-state index is 0.00159. The molecule has 0 bridgehead atoms. The third kappa shape index (κ3) is 5.62. The Labute approximate surface area is 238 Å². The Morgan fingerprint density at radius 3 is 2.49 bits per heavy atom. The first-order valence-corrected chi connectivity index (χ1v) is 13.8. The predicted molar refractivity (Wildman–Crippen MR) is 153 cm³/mol. The molecule has 0 spiro atoms. The molecular weight excluding hydrogens is 546 g/mol. The van der Waals surface area contributed by atoms with Gasteiger partial charge in [-0.25, -0.2) is 9.79 Å². The third-order valence-electron chi connectivity index (χ3n) is 6.35. The summed E-state index contributed by atoms with van der Waals surface area (Å²) in [5.74, 6) is 1.07. The molecule has 0 aliphatic carbocycles. The van der Waals surface area contributed by atoms with E-state index in [0.717, 1.165) is 0 Å². The molecule has 1 aliphatic rings. The average molecular weight is 574 g/mol. The molecule has 3 heterocycles.